The molecule has 0 aliphatic rings. The van der Waals surface area contributed by atoms with Crippen molar-refractivity contribution >= 4 is 11.7 Å². The van der Waals surface area contributed by atoms with E-state index in [0.29, 0.717) is 17.9 Å². The van der Waals surface area contributed by atoms with Crippen LogP contribution in [-0.2, 0) is 6.54 Å². The second-order valence-corrected chi connectivity index (χ2v) is 5.45. The third kappa shape index (κ3) is 4.11. The van der Waals surface area contributed by atoms with Crippen molar-refractivity contribution in [3.63, 3.8) is 0 Å². The third-order valence-corrected chi connectivity index (χ3v) is 3.76. The number of hydrogen-bond acceptors (Lipinski definition) is 5. The van der Waals surface area contributed by atoms with Gasteiger partial charge < -0.3 is 15.8 Å². The zero-order chi connectivity index (χ0) is 17.6. The second kappa shape index (κ2) is 7.44. The van der Waals surface area contributed by atoms with Crippen LogP contribution in [0.25, 0.3) is 11.3 Å². The molecule has 0 spiro atoms. The van der Waals surface area contributed by atoms with Crippen molar-refractivity contribution in [1.82, 2.24) is 10.2 Å². The van der Waals surface area contributed by atoms with Crippen LogP contribution in [0, 0.1) is 0 Å². The summed E-state index contributed by atoms with van der Waals surface area (Å²) in [5, 5.41) is 11.6. The van der Waals surface area contributed by atoms with Crippen LogP contribution in [0.1, 0.15) is 15.9 Å². The number of ether oxygens (including phenoxy) is 1. The van der Waals surface area contributed by atoms with Gasteiger partial charge in [-0.3, -0.25) is 4.79 Å². The maximum absolute atomic E-state index is 11.1. The molecule has 0 atom stereocenters. The summed E-state index contributed by atoms with van der Waals surface area (Å²) in [4.78, 5) is 11.1. The van der Waals surface area contributed by atoms with Gasteiger partial charge in [-0.25, -0.2) is 0 Å². The van der Waals surface area contributed by atoms with Crippen LogP contribution in [0.3, 0.4) is 0 Å². The fourth-order valence-corrected chi connectivity index (χ4v) is 2.32. The van der Waals surface area contributed by atoms with Crippen LogP contribution in [0.5, 0.6) is 5.75 Å². The zero-order valence-electron chi connectivity index (χ0n) is 13.8. The summed E-state index contributed by atoms with van der Waals surface area (Å²) in [6, 6.07) is 18.6. The molecule has 3 rings (SSSR count). The average Bonchev–Trinajstić information content (AvgIpc) is 2.67. The Morgan fingerprint density at radius 1 is 1.00 bits per heavy atom. The predicted octanol–water partition coefficient (Wildman–Crippen LogP) is 2.86. The highest BCUT2D eigenvalue weighted by Gasteiger charge is 2.03. The normalized spacial score (nSPS) is 10.3. The molecule has 3 N–H and O–H groups in total. The molecule has 0 fully saturated rings. The van der Waals surface area contributed by atoms with Crippen LogP contribution < -0.4 is 15.8 Å². The lowest BCUT2D eigenvalue weighted by molar-refractivity contribution is 0.100. The van der Waals surface area contributed by atoms with Crippen LogP contribution in [0.2, 0.25) is 0 Å². The molecule has 0 bridgehead atoms. The summed E-state index contributed by atoms with van der Waals surface area (Å²) in [6.07, 6.45) is 0. The first kappa shape index (κ1) is 16.4. The molecule has 25 heavy (non-hydrogen) atoms. The summed E-state index contributed by atoms with van der Waals surface area (Å²) >= 11 is 0. The fraction of sp³-hybridized carbons (Fsp3) is 0.105. The van der Waals surface area contributed by atoms with Crippen molar-refractivity contribution in [2.24, 2.45) is 5.73 Å². The number of primary amides is 1. The highest BCUT2D eigenvalue weighted by Crippen LogP contribution is 2.20. The lowest BCUT2D eigenvalue weighted by Crippen LogP contribution is -2.11. The number of carbonyl (C=O) groups is 1. The summed E-state index contributed by atoms with van der Waals surface area (Å²) < 4.78 is 5.15. The number of rotatable bonds is 6. The Balaban J connectivity index is 1.63. The fourth-order valence-electron chi connectivity index (χ4n) is 2.32. The lowest BCUT2D eigenvalue weighted by atomic mass is 10.1. The van der Waals surface area contributed by atoms with E-state index in [1.807, 2.05) is 48.5 Å². The van der Waals surface area contributed by atoms with Gasteiger partial charge in [-0.05, 0) is 54.1 Å². The number of hydrogen-bond donors (Lipinski definition) is 2. The van der Waals surface area contributed by atoms with E-state index < -0.39 is 5.91 Å². The number of anilines is 1. The molecular weight excluding hydrogens is 316 g/mol. The monoisotopic (exact) mass is 334 g/mol. The van der Waals surface area contributed by atoms with E-state index in [1.54, 1.807) is 19.2 Å². The minimum atomic E-state index is -0.431. The molecule has 0 aliphatic carbocycles. The van der Waals surface area contributed by atoms with Crippen molar-refractivity contribution < 1.29 is 9.53 Å². The third-order valence-electron chi connectivity index (χ3n) is 3.76. The van der Waals surface area contributed by atoms with E-state index in [2.05, 4.69) is 15.5 Å². The van der Waals surface area contributed by atoms with Crippen molar-refractivity contribution in [3.05, 3.63) is 71.8 Å². The van der Waals surface area contributed by atoms with Crippen molar-refractivity contribution in [2.45, 2.75) is 6.54 Å². The Bertz CT molecular complexity index is 844. The summed E-state index contributed by atoms with van der Waals surface area (Å²) in [5.41, 5.74) is 8.50. The lowest BCUT2D eigenvalue weighted by Gasteiger charge is -2.07. The summed E-state index contributed by atoms with van der Waals surface area (Å²) in [6.45, 7) is 0.579. The van der Waals surface area contributed by atoms with E-state index in [1.165, 1.54) is 0 Å². The maximum Gasteiger partial charge on any atom is 0.248 e. The van der Waals surface area contributed by atoms with E-state index in [-0.39, 0.29) is 0 Å². The Hall–Kier alpha value is -3.41. The molecule has 126 valence electrons. The molecule has 0 unspecified atom stereocenters. The molecule has 1 aromatic heterocycles. The SMILES string of the molecule is COc1ccc(-c2ccc(NCc3ccc(C(N)=O)cc3)nn2)cc1. The Labute approximate surface area is 145 Å². The highest BCUT2D eigenvalue weighted by molar-refractivity contribution is 5.92. The van der Waals surface area contributed by atoms with Crippen molar-refractivity contribution in [3.8, 4) is 17.0 Å². The first-order chi connectivity index (χ1) is 12.2. The van der Waals surface area contributed by atoms with Gasteiger partial charge in [0, 0.05) is 17.7 Å². The van der Waals surface area contributed by atoms with Gasteiger partial charge in [0.1, 0.15) is 11.6 Å². The largest absolute Gasteiger partial charge is 0.497 e. The summed E-state index contributed by atoms with van der Waals surface area (Å²) in [7, 11) is 1.64. The zero-order valence-corrected chi connectivity index (χ0v) is 13.8. The maximum atomic E-state index is 11.1. The number of aromatic nitrogens is 2. The number of amides is 1. The quantitative estimate of drug-likeness (QED) is 0.723. The Morgan fingerprint density at radius 2 is 1.72 bits per heavy atom. The van der Waals surface area contributed by atoms with Gasteiger partial charge in [-0.2, -0.15) is 0 Å². The van der Waals surface area contributed by atoms with Gasteiger partial charge in [0.25, 0.3) is 0 Å². The van der Waals surface area contributed by atoms with Crippen LogP contribution in [-0.4, -0.2) is 23.2 Å². The van der Waals surface area contributed by atoms with Gasteiger partial charge in [-0.15, -0.1) is 10.2 Å². The van der Waals surface area contributed by atoms with E-state index in [9.17, 15) is 4.79 Å². The van der Waals surface area contributed by atoms with Crippen LogP contribution in [0.4, 0.5) is 5.82 Å². The molecule has 3 aromatic rings. The second-order valence-electron chi connectivity index (χ2n) is 5.45. The van der Waals surface area contributed by atoms with E-state index in [0.717, 1.165) is 22.6 Å². The van der Waals surface area contributed by atoms with Gasteiger partial charge in [-0.1, -0.05) is 12.1 Å². The minimum Gasteiger partial charge on any atom is -0.497 e. The molecule has 6 nitrogen and oxygen atoms in total. The molecular formula is C19H18N4O2. The molecule has 0 radical (unpaired) electrons. The Morgan fingerprint density at radius 3 is 2.28 bits per heavy atom. The van der Waals surface area contributed by atoms with Gasteiger partial charge in [0.2, 0.25) is 5.91 Å². The molecule has 6 heteroatoms. The van der Waals surface area contributed by atoms with Crippen LogP contribution >= 0.6 is 0 Å². The molecule has 2 aromatic carbocycles. The minimum absolute atomic E-state index is 0.431. The van der Waals surface area contributed by atoms with E-state index >= 15 is 0 Å². The van der Waals surface area contributed by atoms with Gasteiger partial charge in [0.05, 0.1) is 12.8 Å². The summed E-state index contributed by atoms with van der Waals surface area (Å²) in [5.74, 6) is 1.05. The van der Waals surface area contributed by atoms with Gasteiger partial charge >= 0.3 is 0 Å². The van der Waals surface area contributed by atoms with Crippen LogP contribution in [0.15, 0.2) is 60.7 Å². The first-order valence-electron chi connectivity index (χ1n) is 7.76. The van der Waals surface area contributed by atoms with Gasteiger partial charge in [0.15, 0.2) is 0 Å². The number of nitrogens with two attached hydrogens (primary N) is 1. The number of carbonyl (C=O) groups excluding carboxylic acids is 1. The predicted molar refractivity (Wildman–Crippen MR) is 96.3 cm³/mol. The Kier molecular flexibility index (Phi) is 4.89. The van der Waals surface area contributed by atoms with Crippen molar-refractivity contribution in [2.75, 3.05) is 12.4 Å². The molecule has 0 saturated heterocycles. The number of nitrogens with zero attached hydrogens (tertiary/aromatic N) is 2. The smallest absolute Gasteiger partial charge is 0.248 e. The number of benzene rings is 2. The molecule has 0 aliphatic heterocycles. The van der Waals surface area contributed by atoms with E-state index in [4.69, 9.17) is 10.5 Å². The average molecular weight is 334 g/mol. The standard InChI is InChI=1S/C19H18N4O2/c1-25-16-8-6-14(7-9-16)17-10-11-18(23-22-17)21-12-13-2-4-15(5-3-13)19(20)24/h2-11H,12H2,1H3,(H2,20,24)(H,21,23). The topological polar surface area (TPSA) is 90.1 Å². The van der Waals surface area contributed by atoms with Crippen molar-refractivity contribution in [1.29, 1.82) is 0 Å². The number of nitrogens with one attached hydrogen (secondary N) is 1. The number of methoxy groups -OCH3 is 1. The molecule has 0 saturated carbocycles. The first-order valence-corrected chi connectivity index (χ1v) is 7.76. The highest BCUT2D eigenvalue weighted by atomic mass is 16.5. The molecule has 1 amide bonds. The molecule has 1 heterocycles.